The minimum absolute atomic E-state index is 0.0112. The zero-order valence-corrected chi connectivity index (χ0v) is 19.5. The predicted molar refractivity (Wildman–Crippen MR) is 127 cm³/mol. The summed E-state index contributed by atoms with van der Waals surface area (Å²) in [5.74, 6) is -0.0000870. The van der Waals surface area contributed by atoms with Crippen LogP contribution in [0.5, 0.6) is 0 Å². The summed E-state index contributed by atoms with van der Waals surface area (Å²) in [5.41, 5.74) is 3.63. The van der Waals surface area contributed by atoms with E-state index >= 15 is 0 Å². The van der Waals surface area contributed by atoms with E-state index in [1.54, 1.807) is 23.3 Å². The van der Waals surface area contributed by atoms with Gasteiger partial charge in [0.15, 0.2) is 0 Å². The van der Waals surface area contributed by atoms with Gasteiger partial charge in [0, 0.05) is 37.7 Å². The van der Waals surface area contributed by atoms with Gasteiger partial charge in [-0.05, 0) is 68.0 Å². The monoisotopic (exact) mass is 445 g/mol. The van der Waals surface area contributed by atoms with Crippen molar-refractivity contribution in [2.24, 2.45) is 5.41 Å². The molecule has 0 spiro atoms. The minimum Gasteiger partial charge on any atom is -0.353 e. The molecule has 0 saturated carbocycles. The highest BCUT2D eigenvalue weighted by atomic mass is 16.2. The van der Waals surface area contributed by atoms with Crippen LogP contribution in [0.15, 0.2) is 61.2 Å². The van der Waals surface area contributed by atoms with Crippen molar-refractivity contribution >= 4 is 11.8 Å². The van der Waals surface area contributed by atoms with Gasteiger partial charge in [0.25, 0.3) is 0 Å². The maximum Gasteiger partial charge on any atom is 0.244 e. The third-order valence-electron chi connectivity index (χ3n) is 6.15. The number of benzene rings is 1. The Hall–Kier alpha value is -3.48. The predicted octanol–water partition coefficient (Wildman–Crippen LogP) is 3.24. The molecule has 0 bridgehead atoms. The van der Waals surface area contributed by atoms with E-state index in [0.29, 0.717) is 25.9 Å². The molecular weight excluding hydrogens is 414 g/mol. The Labute approximate surface area is 194 Å². The maximum absolute atomic E-state index is 13.4. The van der Waals surface area contributed by atoms with Gasteiger partial charge in [0.1, 0.15) is 6.54 Å². The maximum atomic E-state index is 13.4. The highest BCUT2D eigenvalue weighted by molar-refractivity contribution is 5.86. The van der Waals surface area contributed by atoms with Crippen molar-refractivity contribution in [1.82, 2.24) is 25.0 Å². The average molecular weight is 446 g/mol. The molecule has 7 heteroatoms. The van der Waals surface area contributed by atoms with Crippen LogP contribution in [0.3, 0.4) is 0 Å². The molecule has 33 heavy (non-hydrogen) atoms. The largest absolute Gasteiger partial charge is 0.353 e. The second-order valence-corrected chi connectivity index (χ2v) is 9.30. The fourth-order valence-corrected chi connectivity index (χ4v) is 4.50. The van der Waals surface area contributed by atoms with Crippen LogP contribution in [0.4, 0.5) is 0 Å². The van der Waals surface area contributed by atoms with E-state index in [0.717, 1.165) is 22.3 Å². The number of hydrogen-bond acceptors (Lipinski definition) is 4. The molecule has 1 saturated heterocycles. The number of carbonyl (C=O) groups excluding carboxylic acids is 2. The van der Waals surface area contributed by atoms with Gasteiger partial charge < -0.3 is 10.2 Å². The number of hydrogen-bond donors (Lipinski definition) is 1. The minimum atomic E-state index is -0.656. The summed E-state index contributed by atoms with van der Waals surface area (Å²) in [6, 6.07) is 12.3. The third-order valence-corrected chi connectivity index (χ3v) is 6.15. The summed E-state index contributed by atoms with van der Waals surface area (Å²) in [6.45, 7) is 7.04. The van der Waals surface area contributed by atoms with Crippen molar-refractivity contribution in [2.75, 3.05) is 13.1 Å². The van der Waals surface area contributed by atoms with E-state index in [2.05, 4.69) is 33.6 Å². The van der Waals surface area contributed by atoms with E-state index in [9.17, 15) is 9.59 Å². The highest BCUT2D eigenvalue weighted by Gasteiger charge is 2.46. The Morgan fingerprint density at radius 2 is 1.94 bits per heavy atom. The second-order valence-electron chi connectivity index (χ2n) is 9.30. The zero-order chi connectivity index (χ0) is 23.4. The fraction of sp³-hybridized carbons (Fsp3) is 0.385. The Kier molecular flexibility index (Phi) is 6.58. The molecule has 172 valence electrons. The molecule has 1 fully saturated rings. The summed E-state index contributed by atoms with van der Waals surface area (Å²) in [6.07, 6.45) is 8.37. The molecule has 2 amide bonds. The first kappa shape index (κ1) is 22.7. The Morgan fingerprint density at radius 1 is 1.15 bits per heavy atom. The second kappa shape index (κ2) is 9.57. The number of nitrogens with one attached hydrogen (secondary N) is 1. The smallest absolute Gasteiger partial charge is 0.244 e. The molecule has 1 aliphatic rings. The lowest BCUT2D eigenvalue weighted by Crippen LogP contribution is -2.47. The fourth-order valence-electron chi connectivity index (χ4n) is 4.50. The van der Waals surface area contributed by atoms with Crippen molar-refractivity contribution in [3.05, 3.63) is 72.3 Å². The lowest BCUT2D eigenvalue weighted by molar-refractivity contribution is -0.134. The van der Waals surface area contributed by atoms with Crippen molar-refractivity contribution in [3.63, 3.8) is 0 Å². The van der Waals surface area contributed by atoms with Gasteiger partial charge in [-0.2, -0.15) is 5.10 Å². The van der Waals surface area contributed by atoms with Crippen LogP contribution >= 0.6 is 0 Å². The lowest BCUT2D eigenvalue weighted by atomic mass is 9.79. The Morgan fingerprint density at radius 3 is 2.64 bits per heavy atom. The van der Waals surface area contributed by atoms with Gasteiger partial charge in [-0.3, -0.25) is 19.3 Å². The summed E-state index contributed by atoms with van der Waals surface area (Å²) >= 11 is 0. The molecule has 1 N–H and O–H groups in total. The average Bonchev–Trinajstić information content (AvgIpc) is 3.41. The molecule has 0 aliphatic carbocycles. The number of carbonyl (C=O) groups is 2. The van der Waals surface area contributed by atoms with Gasteiger partial charge in [0.05, 0.1) is 11.6 Å². The Balaban J connectivity index is 1.56. The quantitative estimate of drug-likeness (QED) is 0.606. The SMILES string of the molecule is Cc1cnn(CC(=O)N2CCC(Cc3cccc(-c4ccncc4)c3)(C(=O)NC(C)C)C2)c1. The number of nitrogens with zero attached hydrogens (tertiary/aromatic N) is 4. The first-order valence-corrected chi connectivity index (χ1v) is 11.4. The van der Waals surface area contributed by atoms with Crippen molar-refractivity contribution in [1.29, 1.82) is 0 Å². The van der Waals surface area contributed by atoms with Gasteiger partial charge in [-0.25, -0.2) is 0 Å². The Bertz CT molecular complexity index is 1120. The molecule has 3 aromatic rings. The van der Waals surface area contributed by atoms with E-state index in [1.165, 1.54) is 0 Å². The molecule has 1 aliphatic heterocycles. The van der Waals surface area contributed by atoms with E-state index in [4.69, 9.17) is 0 Å². The zero-order valence-electron chi connectivity index (χ0n) is 19.5. The molecule has 2 aromatic heterocycles. The number of rotatable bonds is 7. The van der Waals surface area contributed by atoms with E-state index in [1.807, 2.05) is 50.1 Å². The molecule has 4 rings (SSSR count). The third kappa shape index (κ3) is 5.30. The van der Waals surface area contributed by atoms with Crippen LogP contribution in [0.25, 0.3) is 11.1 Å². The van der Waals surface area contributed by atoms with Crippen molar-refractivity contribution in [3.8, 4) is 11.1 Å². The van der Waals surface area contributed by atoms with Crippen LogP contribution in [0.2, 0.25) is 0 Å². The van der Waals surface area contributed by atoms with E-state index < -0.39 is 5.41 Å². The van der Waals surface area contributed by atoms with Gasteiger partial charge in [-0.15, -0.1) is 0 Å². The highest BCUT2D eigenvalue weighted by Crippen LogP contribution is 2.36. The summed E-state index contributed by atoms with van der Waals surface area (Å²) in [5, 5.41) is 7.33. The summed E-state index contributed by atoms with van der Waals surface area (Å²) < 4.78 is 1.66. The van der Waals surface area contributed by atoms with Crippen molar-refractivity contribution < 1.29 is 9.59 Å². The first-order valence-electron chi connectivity index (χ1n) is 11.4. The standard InChI is InChI=1S/C26H31N5O2/c1-19(2)29-25(33)26(9-12-30(18-26)24(32)17-31-16-20(3)15-28-31)14-21-5-4-6-23(13-21)22-7-10-27-11-8-22/h4-8,10-11,13,15-16,19H,9,12,14,17-18H2,1-3H3,(H,29,33). The number of pyridine rings is 1. The topological polar surface area (TPSA) is 80.1 Å². The number of amides is 2. The van der Waals surface area contributed by atoms with Gasteiger partial charge >= 0.3 is 0 Å². The van der Waals surface area contributed by atoms with E-state index in [-0.39, 0.29) is 24.4 Å². The summed E-state index contributed by atoms with van der Waals surface area (Å²) in [4.78, 5) is 32.3. The number of aryl methyl sites for hydroxylation is 1. The molecular formula is C26H31N5O2. The van der Waals surface area contributed by atoms with Crippen LogP contribution in [0.1, 0.15) is 31.4 Å². The van der Waals surface area contributed by atoms with Gasteiger partial charge in [0.2, 0.25) is 11.8 Å². The molecule has 7 nitrogen and oxygen atoms in total. The molecule has 3 heterocycles. The molecule has 1 unspecified atom stereocenters. The molecule has 1 aromatic carbocycles. The lowest BCUT2D eigenvalue weighted by Gasteiger charge is -2.29. The number of aromatic nitrogens is 3. The van der Waals surface area contributed by atoms with Crippen LogP contribution in [-0.4, -0.2) is 50.6 Å². The molecule has 0 radical (unpaired) electrons. The first-order chi connectivity index (χ1) is 15.8. The van der Waals surface area contributed by atoms with Crippen LogP contribution in [0, 0.1) is 12.3 Å². The number of likely N-dealkylation sites (tertiary alicyclic amines) is 1. The van der Waals surface area contributed by atoms with Crippen molar-refractivity contribution in [2.45, 2.75) is 46.2 Å². The van der Waals surface area contributed by atoms with Gasteiger partial charge in [-0.1, -0.05) is 24.3 Å². The van der Waals surface area contributed by atoms with Crippen LogP contribution in [-0.2, 0) is 22.6 Å². The normalized spacial score (nSPS) is 18.0. The summed E-state index contributed by atoms with van der Waals surface area (Å²) in [7, 11) is 0. The molecule has 1 atom stereocenters. The van der Waals surface area contributed by atoms with Crippen LogP contribution < -0.4 is 5.32 Å².